The molecular formula is C22H22Cl2Ti. The Balaban J connectivity index is 0.00000113. The van der Waals surface area contributed by atoms with Gasteiger partial charge in [0.25, 0.3) is 0 Å². The van der Waals surface area contributed by atoms with E-state index in [-0.39, 0.29) is 44.0 Å². The molecule has 0 heterocycles. The first-order valence-corrected chi connectivity index (χ1v) is 10.4. The predicted octanol–water partition coefficient (Wildman–Crippen LogP) is 0.251. The maximum absolute atomic E-state index is 2.40. The summed E-state index contributed by atoms with van der Waals surface area (Å²) in [6.07, 6.45) is 9.90. The first kappa shape index (κ1) is 20.5. The fourth-order valence-electron chi connectivity index (χ4n) is 3.79. The van der Waals surface area contributed by atoms with Gasteiger partial charge in [0, 0.05) is 0 Å². The summed E-state index contributed by atoms with van der Waals surface area (Å²) >= 11 is -0.162. The molecule has 0 aromatic heterocycles. The van der Waals surface area contributed by atoms with Crippen LogP contribution in [0.4, 0.5) is 0 Å². The second kappa shape index (κ2) is 9.24. The average Bonchev–Trinajstić information content (AvgIpc) is 3.17. The fraction of sp³-hybridized carbons (Fsp3) is 0.273. The van der Waals surface area contributed by atoms with Crippen LogP contribution in [-0.4, -0.2) is 0 Å². The first-order chi connectivity index (χ1) is 11.4. The second-order valence-corrected chi connectivity index (χ2v) is 8.76. The van der Waals surface area contributed by atoms with E-state index in [4.69, 9.17) is 0 Å². The first-order valence-electron chi connectivity index (χ1n) is 8.72. The monoisotopic (exact) mass is 404 g/mol. The van der Waals surface area contributed by atoms with Crippen LogP contribution in [0.15, 0.2) is 70.1 Å². The van der Waals surface area contributed by atoms with Crippen molar-refractivity contribution in [2.24, 2.45) is 0 Å². The third kappa shape index (κ3) is 3.98. The molecule has 128 valence electrons. The molecule has 0 N–H and O–H groups in total. The minimum atomic E-state index is -0.162. The zero-order valence-electron chi connectivity index (χ0n) is 14.4. The standard InChI is InChI=1S/C13H9.C9H13.2ClH.Ti/c1-3-7-12-10(5-1)9-11-6-2-4-8-13(11)12;1-2-3-6-9-7-4-5-8-9;;;/h1-9H;4,7H,2-3,5-6H2,1H3;2*1H;/q;;;;+2/p-2. The Morgan fingerprint density at radius 3 is 2.12 bits per heavy atom. The number of halogens is 2. The van der Waals surface area contributed by atoms with E-state index in [9.17, 15) is 0 Å². The Morgan fingerprint density at radius 1 is 0.920 bits per heavy atom. The van der Waals surface area contributed by atoms with Crippen molar-refractivity contribution in [3.63, 3.8) is 0 Å². The van der Waals surface area contributed by atoms with Crippen LogP contribution in [0.2, 0.25) is 0 Å². The molecule has 0 saturated heterocycles. The van der Waals surface area contributed by atoms with E-state index in [0.717, 1.165) is 0 Å². The fourth-order valence-corrected chi connectivity index (χ4v) is 6.59. The van der Waals surface area contributed by atoms with Crippen molar-refractivity contribution in [1.82, 2.24) is 0 Å². The Bertz CT molecular complexity index is 747. The number of allylic oxidation sites excluding steroid dienone is 4. The number of benzene rings is 2. The van der Waals surface area contributed by atoms with Gasteiger partial charge in [-0.15, -0.1) is 0 Å². The van der Waals surface area contributed by atoms with Gasteiger partial charge in [0.15, 0.2) is 0 Å². The molecule has 0 nitrogen and oxygen atoms in total. The summed E-state index contributed by atoms with van der Waals surface area (Å²) in [5.41, 5.74) is 7.75. The van der Waals surface area contributed by atoms with Gasteiger partial charge in [0.05, 0.1) is 0 Å². The molecule has 0 saturated carbocycles. The molecule has 25 heavy (non-hydrogen) atoms. The summed E-state index contributed by atoms with van der Waals surface area (Å²) in [6.45, 7) is 2.29. The van der Waals surface area contributed by atoms with E-state index < -0.39 is 0 Å². The second-order valence-electron chi connectivity index (χ2n) is 6.47. The van der Waals surface area contributed by atoms with Crippen molar-refractivity contribution in [1.29, 1.82) is 0 Å². The van der Waals surface area contributed by atoms with E-state index in [2.05, 4.69) is 67.6 Å². The minimum absolute atomic E-state index is 0. The van der Waals surface area contributed by atoms with Gasteiger partial charge in [-0.3, -0.25) is 0 Å². The molecule has 2 aromatic carbocycles. The Labute approximate surface area is 172 Å². The maximum atomic E-state index is 2.40. The molecule has 2 aliphatic rings. The van der Waals surface area contributed by atoms with Crippen molar-refractivity contribution in [3.05, 3.63) is 81.3 Å². The van der Waals surface area contributed by atoms with Gasteiger partial charge in [0.2, 0.25) is 0 Å². The summed E-state index contributed by atoms with van der Waals surface area (Å²) in [7, 11) is 0. The van der Waals surface area contributed by atoms with Crippen LogP contribution >= 0.6 is 0 Å². The molecule has 0 atom stereocenters. The van der Waals surface area contributed by atoms with Gasteiger partial charge in [-0.05, 0) is 0 Å². The smallest absolute Gasteiger partial charge is 1.00 e. The third-order valence-electron chi connectivity index (χ3n) is 4.98. The largest absolute Gasteiger partial charge is 1.00 e. The van der Waals surface area contributed by atoms with Gasteiger partial charge in [-0.2, -0.15) is 0 Å². The number of fused-ring (bicyclic) bond motifs is 3. The van der Waals surface area contributed by atoms with Gasteiger partial charge in [-0.1, -0.05) is 0 Å². The topological polar surface area (TPSA) is 0 Å². The van der Waals surface area contributed by atoms with Crippen molar-refractivity contribution >= 4 is 0 Å². The molecule has 2 aromatic rings. The Hall–Kier alpha value is -0.786. The number of hydrogen-bond acceptors (Lipinski definition) is 0. The van der Waals surface area contributed by atoms with Crippen molar-refractivity contribution in [2.75, 3.05) is 0 Å². The number of unbranched alkanes of at least 4 members (excludes halogenated alkanes) is 1. The Kier molecular flexibility index (Phi) is 7.58. The summed E-state index contributed by atoms with van der Waals surface area (Å²) in [6, 6.07) is 18.1. The van der Waals surface area contributed by atoms with Crippen LogP contribution in [0.5, 0.6) is 0 Å². The third-order valence-corrected chi connectivity index (χ3v) is 7.77. The van der Waals surface area contributed by atoms with Gasteiger partial charge in [-0.25, -0.2) is 0 Å². The van der Waals surface area contributed by atoms with E-state index in [1.165, 1.54) is 36.8 Å². The van der Waals surface area contributed by atoms with Gasteiger partial charge in [0.1, 0.15) is 0 Å². The number of hydrogen-bond donors (Lipinski definition) is 0. The predicted molar refractivity (Wildman–Crippen MR) is 94.0 cm³/mol. The molecule has 0 spiro atoms. The maximum Gasteiger partial charge on any atom is -1.00 e. The summed E-state index contributed by atoms with van der Waals surface area (Å²) in [5.74, 6) is 0. The zero-order valence-corrected chi connectivity index (χ0v) is 17.5. The average molecular weight is 405 g/mol. The molecule has 3 heteroatoms. The number of rotatable bonds is 5. The molecule has 0 bridgehead atoms. The molecule has 0 fully saturated rings. The van der Waals surface area contributed by atoms with E-state index in [1.807, 2.05) is 0 Å². The van der Waals surface area contributed by atoms with Crippen LogP contribution < -0.4 is 24.8 Å². The SMILES string of the molecule is CCCCC1=[C]([Ti+2][CH]2c3ccccc3-c3ccccc32)CC=C1.[Cl-].[Cl-]. The summed E-state index contributed by atoms with van der Waals surface area (Å²) in [5, 5.41) is 0. The Morgan fingerprint density at radius 2 is 1.52 bits per heavy atom. The van der Waals surface area contributed by atoms with Gasteiger partial charge < -0.3 is 24.8 Å². The van der Waals surface area contributed by atoms with Crippen LogP contribution in [0, 0.1) is 0 Å². The zero-order chi connectivity index (χ0) is 15.6. The van der Waals surface area contributed by atoms with E-state index >= 15 is 0 Å². The van der Waals surface area contributed by atoms with E-state index in [0.29, 0.717) is 4.22 Å². The normalized spacial score (nSPS) is 14.4. The minimum Gasteiger partial charge on any atom is -1.00 e. The van der Waals surface area contributed by atoms with Crippen molar-refractivity contribution < 1.29 is 44.0 Å². The van der Waals surface area contributed by atoms with E-state index in [1.54, 1.807) is 20.6 Å². The molecule has 0 unspecified atom stereocenters. The molecule has 2 aliphatic carbocycles. The van der Waals surface area contributed by atoms with Crippen LogP contribution in [0.1, 0.15) is 48.0 Å². The van der Waals surface area contributed by atoms with Crippen molar-refractivity contribution in [3.8, 4) is 11.1 Å². The molecule has 4 rings (SSSR count). The van der Waals surface area contributed by atoms with Crippen LogP contribution in [-0.2, 0) is 19.2 Å². The summed E-state index contributed by atoms with van der Waals surface area (Å²) in [4.78, 5) is 0. The quantitative estimate of drug-likeness (QED) is 0.626. The molecular weight excluding hydrogens is 383 g/mol. The van der Waals surface area contributed by atoms with Crippen LogP contribution in [0.25, 0.3) is 11.1 Å². The van der Waals surface area contributed by atoms with Crippen LogP contribution in [0.3, 0.4) is 0 Å². The summed E-state index contributed by atoms with van der Waals surface area (Å²) < 4.78 is 2.45. The van der Waals surface area contributed by atoms with Gasteiger partial charge >= 0.3 is 148 Å². The molecule has 0 aliphatic heterocycles. The molecule has 0 radical (unpaired) electrons. The van der Waals surface area contributed by atoms with Crippen molar-refractivity contribution in [2.45, 2.75) is 36.8 Å². The molecule has 0 amide bonds.